The molecular weight excluding hydrogens is 436 g/mol. The van der Waals surface area contributed by atoms with Crippen molar-refractivity contribution in [1.29, 1.82) is 0 Å². The number of rotatable bonds is 11. The van der Waals surface area contributed by atoms with Crippen molar-refractivity contribution >= 4 is 0 Å². The Morgan fingerprint density at radius 2 is 1.62 bits per heavy atom. The van der Waals surface area contributed by atoms with E-state index < -0.39 is 79.5 Å². The smallest absolute Gasteiger partial charge is 0.232 e. The minimum Gasteiger partial charge on any atom is -0.394 e. The van der Waals surface area contributed by atoms with Crippen molar-refractivity contribution < 1.29 is 54.5 Å². The second-order valence-electron chi connectivity index (χ2n) is 7.95. The Bertz CT molecular complexity index is 572. The topological polar surface area (TPSA) is 227 Å². The SMILES string of the molecule is NCCCCCO[C@@H]1OC(C[N+](=O)[O-])[C@@H](O[C@@H]2OC(CO)[C@H](O)C(O)CC2O)C(O)C1O. The normalized spacial score (nSPS) is 40.7. The Balaban J connectivity index is 2.10. The fourth-order valence-electron chi connectivity index (χ4n) is 3.65. The maximum Gasteiger partial charge on any atom is 0.232 e. The number of aliphatic hydroxyl groups excluding tert-OH is 6. The van der Waals surface area contributed by atoms with E-state index in [1.54, 1.807) is 0 Å². The molecule has 0 aromatic carbocycles. The molecule has 14 nitrogen and oxygen atoms in total. The lowest BCUT2D eigenvalue weighted by molar-refractivity contribution is -0.504. The molecule has 8 N–H and O–H groups in total. The molecule has 0 spiro atoms. The van der Waals surface area contributed by atoms with Crippen molar-refractivity contribution in [2.75, 3.05) is 26.3 Å². The van der Waals surface area contributed by atoms with Crippen LogP contribution in [0.2, 0.25) is 0 Å². The lowest BCUT2D eigenvalue weighted by Crippen LogP contribution is -2.62. The summed E-state index contributed by atoms with van der Waals surface area (Å²) in [4.78, 5) is 10.4. The van der Waals surface area contributed by atoms with E-state index in [2.05, 4.69) is 0 Å². The third-order valence-electron chi connectivity index (χ3n) is 5.45. The largest absolute Gasteiger partial charge is 0.394 e. The predicted molar refractivity (Wildman–Crippen MR) is 105 cm³/mol. The van der Waals surface area contributed by atoms with Gasteiger partial charge in [0, 0.05) is 18.0 Å². The van der Waals surface area contributed by atoms with E-state index in [9.17, 15) is 40.8 Å². The average molecular weight is 470 g/mol. The monoisotopic (exact) mass is 470 g/mol. The van der Waals surface area contributed by atoms with Crippen LogP contribution in [0.15, 0.2) is 0 Å². The summed E-state index contributed by atoms with van der Waals surface area (Å²) in [5, 5.41) is 71.7. The molecule has 0 aliphatic carbocycles. The van der Waals surface area contributed by atoms with Crippen molar-refractivity contribution in [3.8, 4) is 0 Å². The van der Waals surface area contributed by atoms with Crippen LogP contribution in [-0.4, -0.2) is 123 Å². The Hall–Kier alpha value is -1.04. The van der Waals surface area contributed by atoms with E-state index in [0.29, 0.717) is 13.0 Å². The molecule has 2 fully saturated rings. The number of hydrogen-bond donors (Lipinski definition) is 7. The summed E-state index contributed by atoms with van der Waals surface area (Å²) >= 11 is 0. The van der Waals surface area contributed by atoms with Crippen molar-refractivity contribution in [3.05, 3.63) is 10.1 Å². The molecule has 0 amide bonds. The van der Waals surface area contributed by atoms with E-state index in [1.165, 1.54) is 0 Å². The maximum absolute atomic E-state index is 11.1. The van der Waals surface area contributed by atoms with Gasteiger partial charge in [0.15, 0.2) is 18.7 Å². The Morgan fingerprint density at radius 3 is 2.25 bits per heavy atom. The van der Waals surface area contributed by atoms with Gasteiger partial charge in [-0.2, -0.15) is 0 Å². The molecule has 10 atom stereocenters. The fourth-order valence-corrected chi connectivity index (χ4v) is 3.65. The zero-order valence-corrected chi connectivity index (χ0v) is 17.6. The van der Waals surface area contributed by atoms with Crippen molar-refractivity contribution in [2.45, 2.75) is 87.1 Å². The van der Waals surface area contributed by atoms with E-state index in [4.69, 9.17) is 24.7 Å². The molecular formula is C18H34N2O12. The summed E-state index contributed by atoms with van der Waals surface area (Å²) in [5.41, 5.74) is 5.42. The van der Waals surface area contributed by atoms with Crippen LogP contribution in [0.5, 0.6) is 0 Å². The molecule has 2 saturated heterocycles. The fraction of sp³-hybridized carbons (Fsp3) is 1.00. The van der Waals surface area contributed by atoms with Crippen molar-refractivity contribution in [2.24, 2.45) is 5.73 Å². The van der Waals surface area contributed by atoms with Crippen LogP contribution in [0, 0.1) is 10.1 Å². The zero-order valence-electron chi connectivity index (χ0n) is 17.6. The highest BCUT2D eigenvalue weighted by atomic mass is 16.7. The summed E-state index contributed by atoms with van der Waals surface area (Å²) in [7, 11) is 0. The number of ether oxygens (including phenoxy) is 4. The third-order valence-corrected chi connectivity index (χ3v) is 5.45. The highest BCUT2D eigenvalue weighted by Gasteiger charge is 2.50. The Morgan fingerprint density at radius 1 is 0.938 bits per heavy atom. The van der Waals surface area contributed by atoms with Crippen LogP contribution in [-0.2, 0) is 18.9 Å². The predicted octanol–water partition coefficient (Wildman–Crippen LogP) is -3.57. The number of hydrogen-bond acceptors (Lipinski definition) is 13. The molecule has 32 heavy (non-hydrogen) atoms. The molecule has 2 aliphatic heterocycles. The van der Waals surface area contributed by atoms with E-state index >= 15 is 0 Å². The Kier molecular flexibility index (Phi) is 11.1. The van der Waals surface area contributed by atoms with Crippen LogP contribution in [0.3, 0.4) is 0 Å². The first-order valence-electron chi connectivity index (χ1n) is 10.6. The third kappa shape index (κ3) is 7.23. The number of aliphatic hydroxyl groups is 6. The minimum absolute atomic E-state index is 0.170. The van der Waals surface area contributed by atoms with Gasteiger partial charge >= 0.3 is 0 Å². The molecule has 0 radical (unpaired) electrons. The van der Waals surface area contributed by atoms with Crippen LogP contribution < -0.4 is 5.73 Å². The lowest BCUT2D eigenvalue weighted by atomic mass is 9.98. The Labute approximate surface area is 184 Å². The molecule has 2 heterocycles. The van der Waals surface area contributed by atoms with Crippen LogP contribution in [0.1, 0.15) is 25.7 Å². The van der Waals surface area contributed by atoms with Gasteiger partial charge in [-0.1, -0.05) is 0 Å². The number of nitrogens with zero attached hydrogens (tertiary/aromatic N) is 1. The summed E-state index contributed by atoms with van der Waals surface area (Å²) < 4.78 is 21.8. The molecule has 0 aromatic rings. The molecule has 2 rings (SSSR count). The van der Waals surface area contributed by atoms with Crippen LogP contribution in [0.25, 0.3) is 0 Å². The van der Waals surface area contributed by atoms with Gasteiger partial charge in [-0.15, -0.1) is 0 Å². The molecule has 14 heteroatoms. The maximum atomic E-state index is 11.1. The minimum atomic E-state index is -1.70. The summed E-state index contributed by atoms with van der Waals surface area (Å²) in [5.74, 6) is 0. The van der Waals surface area contributed by atoms with Gasteiger partial charge in [0.05, 0.1) is 12.7 Å². The second kappa shape index (κ2) is 13.0. The van der Waals surface area contributed by atoms with Gasteiger partial charge in [0.2, 0.25) is 6.54 Å². The number of nitrogens with two attached hydrogens (primary N) is 1. The molecule has 2 aliphatic rings. The average Bonchev–Trinajstić information content (AvgIpc) is 2.84. The highest BCUT2D eigenvalue weighted by Crippen LogP contribution is 2.29. The molecule has 188 valence electrons. The van der Waals surface area contributed by atoms with Gasteiger partial charge in [-0.05, 0) is 25.8 Å². The summed E-state index contributed by atoms with van der Waals surface area (Å²) in [6.45, 7) is -0.830. The van der Waals surface area contributed by atoms with Crippen molar-refractivity contribution in [1.82, 2.24) is 0 Å². The zero-order chi connectivity index (χ0) is 23.8. The summed E-state index contributed by atoms with van der Waals surface area (Å²) in [6.07, 6.45) is -13.2. The van der Waals surface area contributed by atoms with Crippen LogP contribution >= 0.6 is 0 Å². The first-order valence-corrected chi connectivity index (χ1v) is 10.6. The van der Waals surface area contributed by atoms with E-state index in [-0.39, 0.29) is 13.0 Å². The van der Waals surface area contributed by atoms with E-state index in [1.807, 2.05) is 0 Å². The molecule has 6 unspecified atom stereocenters. The van der Waals surface area contributed by atoms with Gasteiger partial charge in [-0.3, -0.25) is 10.1 Å². The van der Waals surface area contributed by atoms with E-state index in [0.717, 1.165) is 12.8 Å². The van der Waals surface area contributed by atoms with Crippen LogP contribution in [0.4, 0.5) is 0 Å². The van der Waals surface area contributed by atoms with Gasteiger partial charge in [0.1, 0.15) is 36.6 Å². The lowest BCUT2D eigenvalue weighted by Gasteiger charge is -2.42. The van der Waals surface area contributed by atoms with Gasteiger partial charge in [0.25, 0.3) is 0 Å². The first-order chi connectivity index (χ1) is 15.2. The quantitative estimate of drug-likeness (QED) is 0.0881. The molecule has 0 bridgehead atoms. The second-order valence-corrected chi connectivity index (χ2v) is 7.95. The van der Waals surface area contributed by atoms with Crippen molar-refractivity contribution in [3.63, 3.8) is 0 Å². The highest BCUT2D eigenvalue weighted by molar-refractivity contribution is 4.92. The molecule has 0 aromatic heterocycles. The van der Waals surface area contributed by atoms with Gasteiger partial charge < -0.3 is 55.3 Å². The standard InChI is InChI=1S/C18H34N2O12/c19-4-2-1-3-5-29-18-15(26)14(25)16(11(30-18)7-20(27)28)32-17-10(23)6-9(22)13(24)12(8-21)31-17/h9-18,21-26H,1-8,19H2/t9?,10?,11?,12?,13-,14?,15?,16-,17+,18-/m1/s1. The number of unbranched alkanes of at least 4 members (excludes halogenated alkanes) is 2. The molecule has 0 saturated carbocycles. The number of nitro groups is 1. The summed E-state index contributed by atoms with van der Waals surface area (Å²) in [6, 6.07) is 0. The van der Waals surface area contributed by atoms with Gasteiger partial charge in [-0.25, -0.2) is 0 Å². The first kappa shape index (κ1) is 27.2.